The van der Waals surface area contributed by atoms with Crippen LogP contribution in [0.3, 0.4) is 0 Å². The van der Waals surface area contributed by atoms with Crippen molar-refractivity contribution in [1.29, 1.82) is 0 Å². The third-order valence-electron chi connectivity index (χ3n) is 5.35. The average Bonchev–Trinajstić information content (AvgIpc) is 3.16. The molecule has 1 aromatic heterocycles. The number of methoxy groups -OCH3 is 1. The molecule has 0 radical (unpaired) electrons. The highest BCUT2D eigenvalue weighted by molar-refractivity contribution is 5.92. The number of nitrogens with one attached hydrogen (secondary N) is 1. The maximum absolute atomic E-state index is 12.4. The van der Waals surface area contributed by atoms with E-state index >= 15 is 0 Å². The first-order chi connectivity index (χ1) is 14.2. The number of carbonyl (C=O) groups excluding carboxylic acids is 2. The summed E-state index contributed by atoms with van der Waals surface area (Å²) in [7, 11) is 1.65. The number of hydrogen-bond acceptors (Lipinski definition) is 5. The molecule has 1 atom stereocenters. The minimum atomic E-state index is -0.356. The SMILES string of the molecule is CCOC(=O)CC(C)NC(=O)c1ccc(Cc2cc(C(C)(C)CC)ccc2OC)o1. The standard InChI is InChI=1S/C24H33NO5/c1-7-24(4,5)18-9-11-20(28-6)17(14-18)15-19-10-12-21(30-19)23(27)25-16(3)13-22(26)29-8-2/h9-12,14,16H,7-8,13,15H2,1-6H3,(H,25,27). The molecule has 0 fully saturated rings. The second-order valence-corrected chi connectivity index (χ2v) is 8.09. The summed E-state index contributed by atoms with van der Waals surface area (Å²) in [6.45, 7) is 10.4. The summed E-state index contributed by atoms with van der Waals surface area (Å²) in [5.41, 5.74) is 2.30. The van der Waals surface area contributed by atoms with E-state index in [9.17, 15) is 9.59 Å². The molecule has 6 nitrogen and oxygen atoms in total. The van der Waals surface area contributed by atoms with E-state index in [1.807, 2.05) is 6.07 Å². The highest BCUT2D eigenvalue weighted by Crippen LogP contribution is 2.32. The lowest BCUT2D eigenvalue weighted by Crippen LogP contribution is -2.34. The normalized spacial score (nSPS) is 12.3. The molecular formula is C24H33NO5. The third kappa shape index (κ3) is 6.12. The smallest absolute Gasteiger partial charge is 0.307 e. The Kier molecular flexibility index (Phi) is 8.09. The molecule has 0 aliphatic carbocycles. The molecule has 6 heteroatoms. The Hall–Kier alpha value is -2.76. The van der Waals surface area contributed by atoms with Crippen LogP contribution in [-0.4, -0.2) is 31.6 Å². The van der Waals surface area contributed by atoms with Crippen molar-refractivity contribution in [3.05, 3.63) is 53.0 Å². The highest BCUT2D eigenvalue weighted by atomic mass is 16.5. The zero-order valence-corrected chi connectivity index (χ0v) is 18.8. The van der Waals surface area contributed by atoms with Crippen LogP contribution in [0.2, 0.25) is 0 Å². The number of rotatable bonds is 10. The molecule has 1 heterocycles. The predicted octanol–water partition coefficient (Wildman–Crippen LogP) is 4.64. The van der Waals surface area contributed by atoms with E-state index in [1.54, 1.807) is 33.1 Å². The summed E-state index contributed by atoms with van der Waals surface area (Å²) in [6.07, 6.45) is 1.65. The number of esters is 1. The minimum absolute atomic E-state index is 0.0598. The van der Waals surface area contributed by atoms with Gasteiger partial charge in [0.05, 0.1) is 20.1 Å². The van der Waals surface area contributed by atoms with Gasteiger partial charge in [-0.15, -0.1) is 0 Å². The van der Waals surface area contributed by atoms with E-state index < -0.39 is 0 Å². The minimum Gasteiger partial charge on any atom is -0.496 e. The summed E-state index contributed by atoms with van der Waals surface area (Å²) in [6, 6.07) is 9.31. The third-order valence-corrected chi connectivity index (χ3v) is 5.35. The molecular weight excluding hydrogens is 382 g/mol. The molecule has 0 saturated heterocycles. The van der Waals surface area contributed by atoms with Gasteiger partial charge in [0.2, 0.25) is 0 Å². The summed E-state index contributed by atoms with van der Waals surface area (Å²) in [5, 5.41) is 2.76. The molecule has 0 saturated carbocycles. The van der Waals surface area contributed by atoms with E-state index in [4.69, 9.17) is 13.9 Å². The van der Waals surface area contributed by atoms with Crippen LogP contribution in [-0.2, 0) is 21.4 Å². The van der Waals surface area contributed by atoms with Gasteiger partial charge in [0.15, 0.2) is 5.76 Å². The summed E-state index contributed by atoms with van der Waals surface area (Å²) in [4.78, 5) is 24.0. The van der Waals surface area contributed by atoms with Crippen LogP contribution in [0.25, 0.3) is 0 Å². The Labute approximate surface area is 178 Å². The molecule has 0 aliphatic rings. The largest absolute Gasteiger partial charge is 0.496 e. The van der Waals surface area contributed by atoms with E-state index in [0.29, 0.717) is 18.8 Å². The van der Waals surface area contributed by atoms with Crippen molar-refractivity contribution in [2.24, 2.45) is 0 Å². The van der Waals surface area contributed by atoms with E-state index in [1.165, 1.54) is 5.56 Å². The van der Waals surface area contributed by atoms with Crippen LogP contribution in [0.5, 0.6) is 5.75 Å². The lowest BCUT2D eigenvalue weighted by Gasteiger charge is -2.24. The van der Waals surface area contributed by atoms with Gasteiger partial charge in [0.25, 0.3) is 5.91 Å². The second-order valence-electron chi connectivity index (χ2n) is 8.09. The number of hydrogen-bond donors (Lipinski definition) is 1. The van der Waals surface area contributed by atoms with Gasteiger partial charge in [-0.05, 0) is 49.4 Å². The molecule has 164 valence electrons. The zero-order valence-electron chi connectivity index (χ0n) is 18.8. The van der Waals surface area contributed by atoms with Crippen LogP contribution in [0, 0.1) is 0 Å². The van der Waals surface area contributed by atoms with Gasteiger partial charge in [-0.25, -0.2) is 0 Å². The zero-order chi connectivity index (χ0) is 22.3. The molecule has 1 aromatic carbocycles. The first kappa shape index (κ1) is 23.5. The molecule has 0 spiro atoms. The van der Waals surface area contributed by atoms with Gasteiger partial charge in [-0.1, -0.05) is 32.9 Å². The summed E-state index contributed by atoms with van der Waals surface area (Å²) in [5.74, 6) is 0.974. The van der Waals surface area contributed by atoms with Gasteiger partial charge in [-0.2, -0.15) is 0 Å². The average molecular weight is 416 g/mol. The second kappa shape index (κ2) is 10.3. The Morgan fingerprint density at radius 2 is 1.90 bits per heavy atom. The number of furan rings is 1. The van der Waals surface area contributed by atoms with Crippen LogP contribution < -0.4 is 10.1 Å². The number of carbonyl (C=O) groups is 2. The summed E-state index contributed by atoms with van der Waals surface area (Å²) >= 11 is 0. The Bertz CT molecular complexity index is 868. The molecule has 1 unspecified atom stereocenters. The van der Waals surface area contributed by atoms with Crippen molar-refractivity contribution < 1.29 is 23.5 Å². The molecule has 30 heavy (non-hydrogen) atoms. The predicted molar refractivity (Wildman–Crippen MR) is 116 cm³/mol. The fourth-order valence-corrected chi connectivity index (χ4v) is 3.14. The van der Waals surface area contributed by atoms with Crippen LogP contribution >= 0.6 is 0 Å². The van der Waals surface area contributed by atoms with Gasteiger partial charge in [0, 0.05) is 18.0 Å². The molecule has 1 N–H and O–H groups in total. The Balaban J connectivity index is 2.10. The molecule has 0 bridgehead atoms. The quantitative estimate of drug-likeness (QED) is 0.572. The van der Waals surface area contributed by atoms with Crippen LogP contribution in [0.1, 0.15) is 74.9 Å². The van der Waals surface area contributed by atoms with E-state index in [2.05, 4.69) is 38.2 Å². The number of amides is 1. The Morgan fingerprint density at radius 1 is 1.17 bits per heavy atom. The monoisotopic (exact) mass is 415 g/mol. The summed E-state index contributed by atoms with van der Waals surface area (Å²) < 4.78 is 16.2. The van der Waals surface area contributed by atoms with Crippen molar-refractivity contribution in [2.45, 2.75) is 65.3 Å². The molecule has 0 aliphatic heterocycles. The maximum Gasteiger partial charge on any atom is 0.307 e. The van der Waals surface area contributed by atoms with Crippen LogP contribution in [0.15, 0.2) is 34.7 Å². The first-order valence-electron chi connectivity index (χ1n) is 10.4. The van der Waals surface area contributed by atoms with Crippen molar-refractivity contribution in [2.75, 3.05) is 13.7 Å². The number of ether oxygens (including phenoxy) is 2. The van der Waals surface area contributed by atoms with Gasteiger partial charge < -0.3 is 19.2 Å². The fraction of sp³-hybridized carbons (Fsp3) is 0.500. The molecule has 2 aromatic rings. The fourth-order valence-electron chi connectivity index (χ4n) is 3.14. The van der Waals surface area contributed by atoms with Gasteiger partial charge >= 0.3 is 5.97 Å². The Morgan fingerprint density at radius 3 is 2.53 bits per heavy atom. The van der Waals surface area contributed by atoms with Gasteiger partial charge in [-0.3, -0.25) is 9.59 Å². The van der Waals surface area contributed by atoms with Crippen molar-refractivity contribution in [1.82, 2.24) is 5.32 Å². The van der Waals surface area contributed by atoms with Crippen molar-refractivity contribution >= 4 is 11.9 Å². The lowest BCUT2D eigenvalue weighted by atomic mass is 9.81. The van der Waals surface area contributed by atoms with E-state index in [0.717, 1.165) is 17.7 Å². The number of benzene rings is 1. The molecule has 2 rings (SSSR count). The maximum atomic E-state index is 12.4. The molecule has 1 amide bonds. The van der Waals surface area contributed by atoms with Crippen molar-refractivity contribution in [3.63, 3.8) is 0 Å². The van der Waals surface area contributed by atoms with Crippen LogP contribution in [0.4, 0.5) is 0 Å². The highest BCUT2D eigenvalue weighted by Gasteiger charge is 2.21. The lowest BCUT2D eigenvalue weighted by molar-refractivity contribution is -0.143. The van der Waals surface area contributed by atoms with Crippen molar-refractivity contribution in [3.8, 4) is 5.75 Å². The first-order valence-corrected chi connectivity index (χ1v) is 10.4. The van der Waals surface area contributed by atoms with E-state index in [-0.39, 0.29) is 35.5 Å². The van der Waals surface area contributed by atoms with Gasteiger partial charge in [0.1, 0.15) is 11.5 Å². The topological polar surface area (TPSA) is 77.8 Å².